The van der Waals surface area contributed by atoms with Gasteiger partial charge < -0.3 is 5.11 Å². The van der Waals surface area contributed by atoms with Gasteiger partial charge in [-0.2, -0.15) is 28.8 Å². The molecule has 1 saturated heterocycles. The molecule has 1 N–H and O–H groups in total. The number of rotatable bonds is 7. The van der Waals surface area contributed by atoms with Crippen molar-refractivity contribution in [1.82, 2.24) is 8.61 Å². The van der Waals surface area contributed by atoms with E-state index in [1.54, 1.807) is 18.8 Å². The lowest BCUT2D eigenvalue weighted by molar-refractivity contribution is 0.160. The zero-order valence-electron chi connectivity index (χ0n) is 12.1. The van der Waals surface area contributed by atoms with E-state index in [4.69, 9.17) is 0 Å². The van der Waals surface area contributed by atoms with Crippen LogP contribution in [0, 0.1) is 5.92 Å². The van der Waals surface area contributed by atoms with Gasteiger partial charge in [0.2, 0.25) is 0 Å². The fraction of sp³-hybridized carbons (Fsp3) is 1.00. The maximum Gasteiger partial charge on any atom is 0.282 e. The number of piperidine rings is 1. The Bertz CT molecular complexity index is 354. The van der Waals surface area contributed by atoms with Gasteiger partial charge in [0.15, 0.2) is 0 Å². The van der Waals surface area contributed by atoms with E-state index in [0.717, 1.165) is 25.0 Å². The molecule has 1 aliphatic rings. The van der Waals surface area contributed by atoms with E-state index < -0.39 is 10.2 Å². The van der Waals surface area contributed by atoms with Crippen LogP contribution < -0.4 is 0 Å². The van der Waals surface area contributed by atoms with Crippen LogP contribution in [0.2, 0.25) is 0 Å². The fourth-order valence-corrected chi connectivity index (χ4v) is 5.09. The molecule has 1 rings (SSSR count). The third-order valence-electron chi connectivity index (χ3n) is 3.77. The standard InChI is InChI=1S/C12H26N2O3S2/c1-4-12(10-18-3)13(2)19(16,17)14-7-5-6-11(8-14)9-15/h11-12,15H,4-10H2,1-3H3. The maximum atomic E-state index is 12.6. The van der Waals surface area contributed by atoms with E-state index in [1.807, 2.05) is 13.2 Å². The molecule has 0 saturated carbocycles. The highest BCUT2D eigenvalue weighted by atomic mass is 32.2. The predicted octanol–water partition coefficient (Wildman–Crippen LogP) is 1.01. The van der Waals surface area contributed by atoms with Crippen LogP contribution in [0.1, 0.15) is 26.2 Å². The molecule has 0 amide bonds. The predicted molar refractivity (Wildman–Crippen MR) is 80.5 cm³/mol. The Morgan fingerprint density at radius 3 is 2.74 bits per heavy atom. The van der Waals surface area contributed by atoms with Crippen molar-refractivity contribution in [1.29, 1.82) is 0 Å². The molecule has 2 atom stereocenters. The van der Waals surface area contributed by atoms with Gasteiger partial charge in [-0.05, 0) is 31.4 Å². The van der Waals surface area contributed by atoms with E-state index in [9.17, 15) is 13.5 Å². The van der Waals surface area contributed by atoms with Gasteiger partial charge in [-0.25, -0.2) is 0 Å². The smallest absolute Gasteiger partial charge is 0.282 e. The summed E-state index contributed by atoms with van der Waals surface area (Å²) in [4.78, 5) is 0. The Labute approximate surface area is 121 Å². The zero-order chi connectivity index (χ0) is 14.5. The average molecular weight is 310 g/mol. The minimum Gasteiger partial charge on any atom is -0.396 e. The summed E-state index contributed by atoms with van der Waals surface area (Å²) in [6, 6.07) is 0.0366. The van der Waals surface area contributed by atoms with Gasteiger partial charge in [0, 0.05) is 38.5 Å². The Kier molecular flexibility index (Phi) is 7.10. The highest BCUT2D eigenvalue weighted by Crippen LogP contribution is 2.22. The largest absolute Gasteiger partial charge is 0.396 e. The molecule has 1 heterocycles. The van der Waals surface area contributed by atoms with Crippen molar-refractivity contribution in [2.45, 2.75) is 32.2 Å². The number of aliphatic hydroxyl groups excluding tert-OH is 1. The molecule has 0 aliphatic carbocycles. The third-order valence-corrected chi connectivity index (χ3v) is 6.50. The quantitative estimate of drug-likeness (QED) is 0.762. The van der Waals surface area contributed by atoms with Crippen LogP contribution in [0.25, 0.3) is 0 Å². The van der Waals surface area contributed by atoms with Gasteiger partial charge in [0.05, 0.1) is 0 Å². The van der Waals surface area contributed by atoms with Crippen LogP contribution >= 0.6 is 11.8 Å². The van der Waals surface area contributed by atoms with Gasteiger partial charge in [-0.1, -0.05) is 6.92 Å². The monoisotopic (exact) mass is 310 g/mol. The first kappa shape index (κ1) is 17.2. The summed E-state index contributed by atoms with van der Waals surface area (Å²) >= 11 is 1.67. The highest BCUT2D eigenvalue weighted by Gasteiger charge is 2.34. The third kappa shape index (κ3) is 4.32. The molecule has 0 aromatic heterocycles. The topological polar surface area (TPSA) is 60.9 Å². The molecule has 0 bridgehead atoms. The summed E-state index contributed by atoms with van der Waals surface area (Å²) in [5.41, 5.74) is 0. The molecule has 114 valence electrons. The second-order valence-electron chi connectivity index (χ2n) is 5.09. The minimum atomic E-state index is -3.40. The second-order valence-corrected chi connectivity index (χ2v) is 7.99. The SMILES string of the molecule is CCC(CSC)N(C)S(=O)(=O)N1CCCC(CO)C1. The molecule has 0 aromatic rings. The van der Waals surface area contributed by atoms with Crippen LogP contribution in [-0.2, 0) is 10.2 Å². The summed E-state index contributed by atoms with van der Waals surface area (Å²) in [6.45, 7) is 3.09. The molecule has 0 radical (unpaired) electrons. The lowest BCUT2D eigenvalue weighted by Gasteiger charge is -2.36. The fourth-order valence-electron chi connectivity index (χ4n) is 2.43. The van der Waals surface area contributed by atoms with Crippen molar-refractivity contribution < 1.29 is 13.5 Å². The zero-order valence-corrected chi connectivity index (χ0v) is 13.7. The van der Waals surface area contributed by atoms with E-state index >= 15 is 0 Å². The summed E-state index contributed by atoms with van der Waals surface area (Å²) in [6.07, 6.45) is 4.55. The van der Waals surface area contributed by atoms with Crippen LogP contribution in [0.15, 0.2) is 0 Å². The van der Waals surface area contributed by atoms with Crippen molar-refractivity contribution >= 4 is 22.0 Å². The highest BCUT2D eigenvalue weighted by molar-refractivity contribution is 7.98. The molecule has 0 aromatic carbocycles. The van der Waals surface area contributed by atoms with Crippen molar-refractivity contribution in [3.63, 3.8) is 0 Å². The van der Waals surface area contributed by atoms with E-state index in [1.165, 1.54) is 8.61 Å². The molecule has 1 fully saturated rings. The normalized spacial score (nSPS) is 23.7. The molecular weight excluding hydrogens is 284 g/mol. The van der Waals surface area contributed by atoms with Crippen LogP contribution in [0.4, 0.5) is 0 Å². The van der Waals surface area contributed by atoms with E-state index in [0.29, 0.717) is 13.1 Å². The Morgan fingerprint density at radius 2 is 2.21 bits per heavy atom. The number of hydrogen-bond acceptors (Lipinski definition) is 4. The molecule has 5 nitrogen and oxygen atoms in total. The van der Waals surface area contributed by atoms with Crippen LogP contribution in [-0.4, -0.2) is 66.9 Å². The first-order valence-electron chi connectivity index (χ1n) is 6.80. The van der Waals surface area contributed by atoms with Gasteiger partial charge in [0.1, 0.15) is 0 Å². The first-order valence-corrected chi connectivity index (χ1v) is 9.59. The summed E-state index contributed by atoms with van der Waals surface area (Å²) in [5.74, 6) is 0.890. The number of aliphatic hydroxyl groups is 1. The molecule has 7 heteroatoms. The van der Waals surface area contributed by atoms with E-state index in [2.05, 4.69) is 0 Å². The lowest BCUT2D eigenvalue weighted by Crippen LogP contribution is -2.50. The molecule has 2 unspecified atom stereocenters. The van der Waals surface area contributed by atoms with Crippen molar-refractivity contribution in [2.75, 3.05) is 38.8 Å². The number of thioether (sulfide) groups is 1. The second kappa shape index (κ2) is 7.83. The van der Waals surface area contributed by atoms with Crippen molar-refractivity contribution in [3.8, 4) is 0 Å². The van der Waals surface area contributed by atoms with Gasteiger partial charge in [-0.15, -0.1) is 0 Å². The van der Waals surface area contributed by atoms with Crippen LogP contribution in [0.5, 0.6) is 0 Å². The first-order chi connectivity index (χ1) is 8.97. The Morgan fingerprint density at radius 1 is 1.53 bits per heavy atom. The van der Waals surface area contributed by atoms with Crippen molar-refractivity contribution in [3.05, 3.63) is 0 Å². The van der Waals surface area contributed by atoms with Gasteiger partial charge in [-0.3, -0.25) is 0 Å². The van der Waals surface area contributed by atoms with E-state index in [-0.39, 0.29) is 18.6 Å². The number of hydrogen-bond donors (Lipinski definition) is 1. The molecular formula is C12H26N2O3S2. The summed E-state index contributed by atoms with van der Waals surface area (Å²) in [5, 5.41) is 9.21. The van der Waals surface area contributed by atoms with Crippen LogP contribution in [0.3, 0.4) is 0 Å². The van der Waals surface area contributed by atoms with Gasteiger partial charge >= 0.3 is 0 Å². The molecule has 0 spiro atoms. The summed E-state index contributed by atoms with van der Waals surface area (Å²) in [7, 11) is -1.73. The summed E-state index contributed by atoms with van der Waals surface area (Å²) < 4.78 is 28.2. The maximum absolute atomic E-state index is 12.6. The van der Waals surface area contributed by atoms with Crippen molar-refractivity contribution in [2.24, 2.45) is 5.92 Å². The molecule has 1 aliphatic heterocycles. The average Bonchev–Trinajstić information content (AvgIpc) is 2.44. The lowest BCUT2D eigenvalue weighted by atomic mass is 10.0. The number of nitrogens with zero attached hydrogens (tertiary/aromatic N) is 2. The Balaban J connectivity index is 2.78. The molecule has 19 heavy (non-hydrogen) atoms. The minimum absolute atomic E-state index is 0.0366. The van der Waals surface area contributed by atoms with Gasteiger partial charge in [0.25, 0.3) is 10.2 Å². The Hall–Kier alpha value is 0.180.